The van der Waals surface area contributed by atoms with Crippen LogP contribution in [0.3, 0.4) is 0 Å². The van der Waals surface area contributed by atoms with E-state index in [1.54, 1.807) is 12.3 Å². The highest BCUT2D eigenvalue weighted by molar-refractivity contribution is 5.93. The Bertz CT molecular complexity index is 926. The lowest BCUT2D eigenvalue weighted by Crippen LogP contribution is -2.49. The Labute approximate surface area is 170 Å². The van der Waals surface area contributed by atoms with Gasteiger partial charge in [0.2, 0.25) is 0 Å². The quantitative estimate of drug-likeness (QED) is 0.699. The van der Waals surface area contributed by atoms with Crippen LogP contribution in [0.25, 0.3) is 0 Å². The monoisotopic (exact) mass is 388 g/mol. The molecule has 0 bridgehead atoms. The molecule has 3 heterocycles. The molecule has 7 heteroatoms. The van der Waals surface area contributed by atoms with Crippen molar-refractivity contribution in [3.8, 4) is 0 Å². The van der Waals surface area contributed by atoms with Gasteiger partial charge in [0.05, 0.1) is 0 Å². The van der Waals surface area contributed by atoms with Gasteiger partial charge in [-0.15, -0.1) is 0 Å². The van der Waals surface area contributed by atoms with Crippen LogP contribution in [0.2, 0.25) is 0 Å². The molecule has 2 aromatic heterocycles. The molecule has 1 aliphatic heterocycles. The van der Waals surface area contributed by atoms with E-state index in [1.807, 2.05) is 41.3 Å². The maximum atomic E-state index is 12.9. The van der Waals surface area contributed by atoms with Crippen molar-refractivity contribution in [2.45, 2.75) is 6.42 Å². The van der Waals surface area contributed by atoms with E-state index in [4.69, 9.17) is 0 Å². The average Bonchev–Trinajstić information content (AvgIpc) is 2.80. The summed E-state index contributed by atoms with van der Waals surface area (Å²) in [4.78, 5) is 29.7. The van der Waals surface area contributed by atoms with Gasteiger partial charge in [-0.05, 0) is 24.1 Å². The van der Waals surface area contributed by atoms with Crippen molar-refractivity contribution in [2.75, 3.05) is 42.9 Å². The summed E-state index contributed by atoms with van der Waals surface area (Å²) < 4.78 is 0. The second kappa shape index (κ2) is 9.14. The van der Waals surface area contributed by atoms with Gasteiger partial charge in [-0.2, -0.15) is 0 Å². The SMILES string of the molecule is O=C(c1cc(NCCc2ccccc2)ncn1)N1CCN(c2ccccn2)CC1. The average molecular weight is 388 g/mol. The maximum Gasteiger partial charge on any atom is 0.272 e. The predicted molar refractivity (Wildman–Crippen MR) is 113 cm³/mol. The molecular weight excluding hydrogens is 364 g/mol. The topological polar surface area (TPSA) is 74.2 Å². The Kier molecular flexibility index (Phi) is 5.95. The molecule has 1 amide bonds. The Morgan fingerprint density at radius 1 is 0.931 bits per heavy atom. The number of aromatic nitrogens is 3. The number of nitrogens with one attached hydrogen (secondary N) is 1. The lowest BCUT2D eigenvalue weighted by atomic mass is 10.1. The molecule has 3 aromatic rings. The first kappa shape index (κ1) is 18.9. The lowest BCUT2D eigenvalue weighted by molar-refractivity contribution is 0.0740. The lowest BCUT2D eigenvalue weighted by Gasteiger charge is -2.35. The van der Waals surface area contributed by atoms with Crippen LogP contribution in [0, 0.1) is 0 Å². The summed E-state index contributed by atoms with van der Waals surface area (Å²) >= 11 is 0. The minimum absolute atomic E-state index is 0.0563. The zero-order valence-corrected chi connectivity index (χ0v) is 16.2. The van der Waals surface area contributed by atoms with E-state index < -0.39 is 0 Å². The third-order valence-electron chi connectivity index (χ3n) is 4.99. The number of benzene rings is 1. The molecule has 29 heavy (non-hydrogen) atoms. The largest absolute Gasteiger partial charge is 0.370 e. The molecule has 0 unspecified atom stereocenters. The van der Waals surface area contributed by atoms with Crippen molar-refractivity contribution >= 4 is 17.5 Å². The van der Waals surface area contributed by atoms with Gasteiger partial charge < -0.3 is 15.1 Å². The van der Waals surface area contributed by atoms with E-state index in [1.165, 1.54) is 11.9 Å². The molecule has 1 N–H and O–H groups in total. The second-order valence-electron chi connectivity index (χ2n) is 6.92. The second-order valence-corrected chi connectivity index (χ2v) is 6.92. The predicted octanol–water partition coefficient (Wildman–Crippen LogP) is 2.49. The van der Waals surface area contributed by atoms with Crippen molar-refractivity contribution in [1.82, 2.24) is 19.9 Å². The van der Waals surface area contributed by atoms with Crippen LogP contribution in [0.1, 0.15) is 16.1 Å². The Hall–Kier alpha value is -3.48. The molecule has 1 aliphatic rings. The normalized spacial score (nSPS) is 13.9. The molecule has 7 nitrogen and oxygen atoms in total. The van der Waals surface area contributed by atoms with Gasteiger partial charge in [-0.25, -0.2) is 15.0 Å². The summed E-state index contributed by atoms with van der Waals surface area (Å²) in [5.74, 6) is 1.57. The minimum atomic E-state index is -0.0563. The molecule has 0 atom stereocenters. The number of hydrogen-bond acceptors (Lipinski definition) is 6. The molecular formula is C22H24N6O. The molecule has 1 fully saturated rings. The van der Waals surface area contributed by atoms with Crippen molar-refractivity contribution < 1.29 is 4.79 Å². The van der Waals surface area contributed by atoms with Gasteiger partial charge in [0.15, 0.2) is 0 Å². The first-order chi connectivity index (χ1) is 14.3. The van der Waals surface area contributed by atoms with E-state index in [0.717, 1.165) is 31.9 Å². The van der Waals surface area contributed by atoms with E-state index in [-0.39, 0.29) is 5.91 Å². The highest BCUT2D eigenvalue weighted by Gasteiger charge is 2.23. The van der Waals surface area contributed by atoms with E-state index in [0.29, 0.717) is 24.6 Å². The molecule has 148 valence electrons. The van der Waals surface area contributed by atoms with Crippen LogP contribution < -0.4 is 10.2 Å². The first-order valence-electron chi connectivity index (χ1n) is 9.85. The van der Waals surface area contributed by atoms with Crippen LogP contribution in [-0.4, -0.2) is 58.5 Å². The first-order valence-corrected chi connectivity index (χ1v) is 9.85. The van der Waals surface area contributed by atoms with Gasteiger partial charge in [-0.1, -0.05) is 36.4 Å². The summed E-state index contributed by atoms with van der Waals surface area (Å²) in [6.45, 7) is 3.57. The maximum absolute atomic E-state index is 12.9. The zero-order chi connectivity index (χ0) is 19.9. The number of piperazine rings is 1. The van der Waals surface area contributed by atoms with Crippen molar-refractivity contribution in [3.63, 3.8) is 0 Å². The third kappa shape index (κ3) is 4.87. The van der Waals surface area contributed by atoms with Crippen molar-refractivity contribution in [1.29, 1.82) is 0 Å². The number of amides is 1. The van der Waals surface area contributed by atoms with Crippen LogP contribution >= 0.6 is 0 Å². The van der Waals surface area contributed by atoms with Crippen LogP contribution in [0.15, 0.2) is 67.1 Å². The fraction of sp³-hybridized carbons (Fsp3) is 0.273. The Balaban J connectivity index is 1.31. The summed E-state index contributed by atoms with van der Waals surface area (Å²) in [6, 6.07) is 17.9. The molecule has 4 rings (SSSR count). The summed E-state index contributed by atoms with van der Waals surface area (Å²) in [6.07, 6.45) is 4.13. The fourth-order valence-electron chi connectivity index (χ4n) is 3.39. The summed E-state index contributed by atoms with van der Waals surface area (Å²) in [5, 5.41) is 3.28. The fourth-order valence-corrected chi connectivity index (χ4v) is 3.39. The molecule has 0 saturated carbocycles. The van der Waals surface area contributed by atoms with Gasteiger partial charge in [0, 0.05) is 45.0 Å². The number of carbonyl (C=O) groups excluding carboxylic acids is 1. The van der Waals surface area contributed by atoms with Crippen LogP contribution in [0.5, 0.6) is 0 Å². The number of pyridine rings is 1. The minimum Gasteiger partial charge on any atom is -0.370 e. The Morgan fingerprint density at radius 3 is 2.48 bits per heavy atom. The van der Waals surface area contributed by atoms with Crippen molar-refractivity contribution in [2.24, 2.45) is 0 Å². The standard InChI is InChI=1S/C22H24N6O/c29-22(28-14-12-27(13-15-28)21-8-4-5-10-24-21)19-16-20(26-17-25-19)23-11-9-18-6-2-1-3-7-18/h1-8,10,16-17H,9,11-15H2,(H,23,25,26). The highest BCUT2D eigenvalue weighted by Crippen LogP contribution is 2.15. The van der Waals surface area contributed by atoms with Gasteiger partial charge in [0.25, 0.3) is 5.91 Å². The van der Waals surface area contributed by atoms with E-state index in [9.17, 15) is 4.79 Å². The smallest absolute Gasteiger partial charge is 0.272 e. The Morgan fingerprint density at radius 2 is 1.72 bits per heavy atom. The summed E-state index contributed by atoms with van der Waals surface area (Å²) in [7, 11) is 0. The van der Waals surface area contributed by atoms with Gasteiger partial charge >= 0.3 is 0 Å². The number of carbonyl (C=O) groups is 1. The van der Waals surface area contributed by atoms with Crippen molar-refractivity contribution in [3.05, 3.63) is 78.4 Å². The van der Waals surface area contributed by atoms with Crippen LogP contribution in [0.4, 0.5) is 11.6 Å². The highest BCUT2D eigenvalue weighted by atomic mass is 16.2. The molecule has 0 radical (unpaired) electrons. The van der Waals surface area contributed by atoms with Gasteiger partial charge in [0.1, 0.15) is 23.7 Å². The number of anilines is 2. The molecule has 0 aliphatic carbocycles. The molecule has 1 saturated heterocycles. The summed E-state index contributed by atoms with van der Waals surface area (Å²) in [5.41, 5.74) is 1.68. The van der Waals surface area contributed by atoms with E-state index >= 15 is 0 Å². The molecule has 1 aromatic carbocycles. The molecule has 0 spiro atoms. The third-order valence-corrected chi connectivity index (χ3v) is 4.99. The number of hydrogen-bond donors (Lipinski definition) is 1. The number of nitrogens with zero attached hydrogens (tertiary/aromatic N) is 5. The number of rotatable bonds is 6. The van der Waals surface area contributed by atoms with Gasteiger partial charge in [-0.3, -0.25) is 4.79 Å². The van der Waals surface area contributed by atoms with Crippen LogP contribution in [-0.2, 0) is 6.42 Å². The zero-order valence-electron chi connectivity index (χ0n) is 16.2. The van der Waals surface area contributed by atoms with E-state index in [2.05, 4.69) is 37.3 Å².